The molecule has 2 aromatic heterocycles. The van der Waals surface area contributed by atoms with Gasteiger partial charge in [-0.25, -0.2) is 14.5 Å². The van der Waals surface area contributed by atoms with Crippen molar-refractivity contribution >= 4 is 29.1 Å². The van der Waals surface area contributed by atoms with Crippen LogP contribution >= 0.6 is 11.6 Å². The van der Waals surface area contributed by atoms with Gasteiger partial charge in [0, 0.05) is 18.1 Å². The molecule has 0 spiro atoms. The number of benzene rings is 1. The summed E-state index contributed by atoms with van der Waals surface area (Å²) in [4.78, 5) is 18.8. The molecule has 3 aromatic rings. The number of aromatic nitrogens is 3. The lowest BCUT2D eigenvalue weighted by Crippen LogP contribution is -2.29. The number of amides is 2. The standard InChI is InChI=1S/C21H20ClF3N6O/c22-14-4-3-5-16(10-14)31-17(11-18(29-31)21(23,24)25)13-27-20(32)28-15-6-7-19(26-12-15)30-8-1-2-9-30/h3-7,10-12H,1-2,8-9,13H2,(H2,27,28,32). The highest BCUT2D eigenvalue weighted by atomic mass is 35.5. The Morgan fingerprint density at radius 1 is 1.12 bits per heavy atom. The highest BCUT2D eigenvalue weighted by Gasteiger charge is 2.35. The van der Waals surface area contributed by atoms with E-state index in [0.29, 0.717) is 16.4 Å². The van der Waals surface area contributed by atoms with Crippen molar-refractivity contribution in [2.24, 2.45) is 0 Å². The molecule has 168 valence electrons. The first-order valence-corrected chi connectivity index (χ1v) is 10.4. The third-order valence-electron chi connectivity index (χ3n) is 4.99. The predicted octanol–water partition coefficient (Wildman–Crippen LogP) is 4.86. The highest BCUT2D eigenvalue weighted by Crippen LogP contribution is 2.30. The number of nitrogens with zero attached hydrogens (tertiary/aromatic N) is 4. The van der Waals surface area contributed by atoms with Gasteiger partial charge in [-0.1, -0.05) is 17.7 Å². The molecule has 0 saturated carbocycles. The lowest BCUT2D eigenvalue weighted by Gasteiger charge is -2.16. The lowest BCUT2D eigenvalue weighted by molar-refractivity contribution is -0.141. The Bertz CT molecular complexity index is 1090. The van der Waals surface area contributed by atoms with Crippen LogP contribution in [0.3, 0.4) is 0 Å². The second-order valence-electron chi connectivity index (χ2n) is 7.32. The molecule has 1 aliphatic rings. The predicted molar refractivity (Wildman–Crippen MR) is 115 cm³/mol. The van der Waals surface area contributed by atoms with E-state index in [9.17, 15) is 18.0 Å². The van der Waals surface area contributed by atoms with Crippen LogP contribution in [-0.2, 0) is 12.7 Å². The quantitative estimate of drug-likeness (QED) is 0.565. The molecule has 0 radical (unpaired) electrons. The fourth-order valence-corrected chi connectivity index (χ4v) is 3.64. The maximum absolute atomic E-state index is 13.2. The van der Waals surface area contributed by atoms with E-state index in [1.807, 2.05) is 6.07 Å². The van der Waals surface area contributed by atoms with Gasteiger partial charge >= 0.3 is 12.2 Å². The molecule has 1 aliphatic heterocycles. The average Bonchev–Trinajstić information content (AvgIpc) is 3.43. The number of carbonyl (C=O) groups is 1. The Hall–Kier alpha value is -3.27. The molecule has 0 bridgehead atoms. The van der Waals surface area contributed by atoms with Crippen LogP contribution in [0.15, 0.2) is 48.7 Å². The number of rotatable bonds is 5. The van der Waals surface area contributed by atoms with Crippen molar-refractivity contribution in [3.05, 3.63) is 65.1 Å². The van der Waals surface area contributed by atoms with E-state index in [1.165, 1.54) is 6.07 Å². The molecular weight excluding hydrogens is 445 g/mol. The molecule has 1 fully saturated rings. The molecule has 7 nitrogen and oxygen atoms in total. The fraction of sp³-hybridized carbons (Fsp3) is 0.286. The number of alkyl halides is 3. The molecule has 0 unspecified atom stereocenters. The lowest BCUT2D eigenvalue weighted by atomic mass is 10.3. The van der Waals surface area contributed by atoms with Gasteiger partial charge in [-0.15, -0.1) is 0 Å². The zero-order chi connectivity index (χ0) is 22.7. The highest BCUT2D eigenvalue weighted by molar-refractivity contribution is 6.30. The third-order valence-corrected chi connectivity index (χ3v) is 5.23. The van der Waals surface area contributed by atoms with Gasteiger partial charge in [-0.2, -0.15) is 18.3 Å². The van der Waals surface area contributed by atoms with Crippen molar-refractivity contribution in [1.29, 1.82) is 0 Å². The summed E-state index contributed by atoms with van der Waals surface area (Å²) in [7, 11) is 0. The Kier molecular flexibility index (Phi) is 6.22. The molecule has 1 saturated heterocycles. The Labute approximate surface area is 187 Å². The minimum absolute atomic E-state index is 0.150. The van der Waals surface area contributed by atoms with Crippen molar-refractivity contribution in [3.8, 4) is 5.69 Å². The minimum atomic E-state index is -4.62. The normalized spacial score (nSPS) is 13.9. The first kappa shape index (κ1) is 21.9. The molecule has 32 heavy (non-hydrogen) atoms. The van der Waals surface area contributed by atoms with Gasteiger partial charge in [0.15, 0.2) is 5.69 Å². The Morgan fingerprint density at radius 2 is 1.91 bits per heavy atom. The van der Waals surface area contributed by atoms with E-state index in [1.54, 1.807) is 30.5 Å². The first-order valence-electron chi connectivity index (χ1n) is 9.97. The van der Waals surface area contributed by atoms with Gasteiger partial charge in [-0.3, -0.25) is 0 Å². The number of halogens is 4. The summed E-state index contributed by atoms with van der Waals surface area (Å²) in [6.45, 7) is 1.74. The molecule has 11 heteroatoms. The second-order valence-corrected chi connectivity index (χ2v) is 7.75. The van der Waals surface area contributed by atoms with Gasteiger partial charge < -0.3 is 15.5 Å². The van der Waals surface area contributed by atoms with Crippen LogP contribution in [0.5, 0.6) is 0 Å². The van der Waals surface area contributed by atoms with Crippen molar-refractivity contribution < 1.29 is 18.0 Å². The topological polar surface area (TPSA) is 75.1 Å². The Morgan fingerprint density at radius 3 is 2.56 bits per heavy atom. The molecule has 2 amide bonds. The van der Waals surface area contributed by atoms with E-state index >= 15 is 0 Å². The van der Waals surface area contributed by atoms with E-state index in [-0.39, 0.29) is 12.2 Å². The second kappa shape index (κ2) is 9.07. The molecule has 4 rings (SSSR count). The first-order chi connectivity index (χ1) is 15.3. The van der Waals surface area contributed by atoms with Crippen LogP contribution in [0.2, 0.25) is 5.02 Å². The maximum Gasteiger partial charge on any atom is 0.435 e. The number of hydrogen-bond acceptors (Lipinski definition) is 4. The largest absolute Gasteiger partial charge is 0.435 e. The van der Waals surface area contributed by atoms with Crippen LogP contribution in [-0.4, -0.2) is 33.9 Å². The summed E-state index contributed by atoms with van der Waals surface area (Å²) >= 11 is 5.96. The summed E-state index contributed by atoms with van der Waals surface area (Å²) in [5, 5.41) is 9.19. The van der Waals surface area contributed by atoms with Crippen LogP contribution in [0.4, 0.5) is 29.5 Å². The van der Waals surface area contributed by atoms with E-state index < -0.39 is 17.9 Å². The van der Waals surface area contributed by atoms with Crippen LogP contribution in [0.1, 0.15) is 24.2 Å². The maximum atomic E-state index is 13.2. The number of hydrogen-bond donors (Lipinski definition) is 2. The van der Waals surface area contributed by atoms with E-state index in [4.69, 9.17) is 11.6 Å². The van der Waals surface area contributed by atoms with E-state index in [0.717, 1.165) is 42.5 Å². The fourth-order valence-electron chi connectivity index (χ4n) is 3.46. The zero-order valence-electron chi connectivity index (χ0n) is 16.9. The summed E-state index contributed by atoms with van der Waals surface area (Å²) in [5.74, 6) is 0.846. The molecule has 0 aliphatic carbocycles. The van der Waals surface area contributed by atoms with Crippen LogP contribution in [0.25, 0.3) is 5.69 Å². The average molecular weight is 465 g/mol. The monoisotopic (exact) mass is 464 g/mol. The third kappa shape index (κ3) is 5.13. The summed E-state index contributed by atoms with van der Waals surface area (Å²) in [6, 6.07) is 10.2. The van der Waals surface area contributed by atoms with Crippen molar-refractivity contribution in [3.63, 3.8) is 0 Å². The number of nitrogens with one attached hydrogen (secondary N) is 2. The molecule has 2 N–H and O–H groups in total. The van der Waals surface area contributed by atoms with Crippen molar-refractivity contribution in [2.75, 3.05) is 23.3 Å². The smallest absolute Gasteiger partial charge is 0.357 e. The van der Waals surface area contributed by atoms with Crippen LogP contribution in [0, 0.1) is 0 Å². The molecule has 1 aromatic carbocycles. The molecule has 0 atom stereocenters. The van der Waals surface area contributed by atoms with Gasteiger partial charge in [-0.05, 0) is 49.2 Å². The number of urea groups is 1. The summed E-state index contributed by atoms with van der Waals surface area (Å²) < 4.78 is 40.7. The van der Waals surface area contributed by atoms with Gasteiger partial charge in [0.1, 0.15) is 5.82 Å². The SMILES string of the molecule is O=C(NCc1cc(C(F)(F)F)nn1-c1cccc(Cl)c1)Nc1ccc(N2CCCC2)nc1. The number of pyridine rings is 1. The Balaban J connectivity index is 1.44. The van der Waals surface area contributed by atoms with Crippen molar-refractivity contribution in [1.82, 2.24) is 20.1 Å². The van der Waals surface area contributed by atoms with Gasteiger partial charge in [0.2, 0.25) is 0 Å². The summed E-state index contributed by atoms with van der Waals surface area (Å²) in [6.07, 6.45) is -0.813. The van der Waals surface area contributed by atoms with Gasteiger partial charge in [0.25, 0.3) is 0 Å². The number of anilines is 2. The van der Waals surface area contributed by atoms with Crippen LogP contribution < -0.4 is 15.5 Å². The molecule has 3 heterocycles. The van der Waals surface area contributed by atoms with Gasteiger partial charge in [0.05, 0.1) is 29.8 Å². The summed E-state index contributed by atoms with van der Waals surface area (Å²) in [5.41, 5.74) is -0.0784. The van der Waals surface area contributed by atoms with E-state index in [2.05, 4.69) is 25.6 Å². The minimum Gasteiger partial charge on any atom is -0.357 e. The van der Waals surface area contributed by atoms with Crippen molar-refractivity contribution in [2.45, 2.75) is 25.6 Å². The molecular formula is C21H20ClF3N6O. The number of carbonyl (C=O) groups excluding carboxylic acids is 1. The zero-order valence-corrected chi connectivity index (χ0v) is 17.6.